The zero-order chi connectivity index (χ0) is 12.1. The lowest BCUT2D eigenvalue weighted by Gasteiger charge is -2.05. The average Bonchev–Trinajstić information content (AvgIpc) is 2.91. The van der Waals surface area contributed by atoms with E-state index in [2.05, 4.69) is 32.1 Å². The molecule has 2 aromatic rings. The molecule has 92 valence electrons. The quantitative estimate of drug-likeness (QED) is 0.797. The summed E-state index contributed by atoms with van der Waals surface area (Å²) in [5.41, 5.74) is 2.11. The highest BCUT2D eigenvalue weighted by molar-refractivity contribution is 5.00. The van der Waals surface area contributed by atoms with Gasteiger partial charge >= 0.3 is 0 Å². The van der Waals surface area contributed by atoms with E-state index in [1.165, 1.54) is 0 Å². The van der Waals surface area contributed by atoms with Gasteiger partial charge in [-0.3, -0.25) is 0 Å². The third kappa shape index (κ3) is 2.91. The predicted octanol–water partition coefficient (Wildman–Crippen LogP) is 0.652. The molecule has 0 bridgehead atoms. The Hall–Kier alpha value is -1.69. The Morgan fingerprint density at radius 1 is 1.41 bits per heavy atom. The molecule has 0 aliphatic rings. The van der Waals surface area contributed by atoms with Crippen LogP contribution in [0.4, 0.5) is 0 Å². The minimum atomic E-state index is 0.719. The van der Waals surface area contributed by atoms with E-state index >= 15 is 0 Å². The third-order valence-electron chi connectivity index (χ3n) is 2.53. The molecule has 0 amide bonds. The van der Waals surface area contributed by atoms with Crippen LogP contribution in [-0.2, 0) is 19.6 Å². The first-order chi connectivity index (χ1) is 8.33. The Balaban J connectivity index is 2.05. The van der Waals surface area contributed by atoms with Crippen LogP contribution in [0.2, 0.25) is 0 Å². The lowest BCUT2D eigenvalue weighted by molar-refractivity contribution is 0.583. The van der Waals surface area contributed by atoms with Crippen LogP contribution in [0, 0.1) is 0 Å². The van der Waals surface area contributed by atoms with Crippen molar-refractivity contribution in [1.82, 2.24) is 29.9 Å². The van der Waals surface area contributed by atoms with Gasteiger partial charge in [-0.25, -0.2) is 9.67 Å². The summed E-state index contributed by atoms with van der Waals surface area (Å²) >= 11 is 0. The lowest BCUT2D eigenvalue weighted by Crippen LogP contribution is -2.07. The summed E-state index contributed by atoms with van der Waals surface area (Å²) in [5, 5.41) is 11.2. The number of aromatic nitrogens is 5. The maximum Gasteiger partial charge on any atom is 0.0964 e. The largest absolute Gasteiger partial charge is 0.333 e. The average molecular weight is 234 g/mol. The lowest BCUT2D eigenvalue weighted by atomic mass is 10.4. The molecule has 6 heteroatoms. The van der Waals surface area contributed by atoms with Gasteiger partial charge in [0.05, 0.1) is 36.7 Å². The maximum atomic E-state index is 4.17. The highest BCUT2D eigenvalue weighted by Crippen LogP contribution is 2.03. The van der Waals surface area contributed by atoms with Crippen molar-refractivity contribution in [2.24, 2.45) is 0 Å². The van der Waals surface area contributed by atoms with E-state index in [4.69, 9.17) is 0 Å². The molecule has 17 heavy (non-hydrogen) atoms. The minimum Gasteiger partial charge on any atom is -0.333 e. The van der Waals surface area contributed by atoms with E-state index in [9.17, 15) is 0 Å². The number of imidazole rings is 1. The van der Waals surface area contributed by atoms with Gasteiger partial charge in [-0.15, -0.1) is 5.10 Å². The standard InChI is InChI=1S/C11H18N6/c1-3-4-16-9-13-6-11(16)8-17-7-10(5-12-2)14-15-17/h6-7,9,12H,3-5,8H2,1-2H3. The molecule has 0 aromatic carbocycles. The van der Waals surface area contributed by atoms with Crippen LogP contribution in [0.5, 0.6) is 0 Å². The van der Waals surface area contributed by atoms with Gasteiger partial charge in [-0.1, -0.05) is 12.1 Å². The van der Waals surface area contributed by atoms with E-state index in [0.717, 1.165) is 37.4 Å². The molecule has 0 fully saturated rings. The molecule has 2 heterocycles. The molecule has 0 radical (unpaired) electrons. The first kappa shape index (κ1) is 11.8. The highest BCUT2D eigenvalue weighted by Gasteiger charge is 2.04. The van der Waals surface area contributed by atoms with Crippen molar-refractivity contribution in [2.75, 3.05) is 7.05 Å². The molecular formula is C11H18N6. The molecule has 0 saturated carbocycles. The maximum absolute atomic E-state index is 4.17. The second kappa shape index (κ2) is 5.58. The Morgan fingerprint density at radius 3 is 3.06 bits per heavy atom. The molecule has 0 saturated heterocycles. The first-order valence-corrected chi connectivity index (χ1v) is 5.86. The molecular weight excluding hydrogens is 216 g/mol. The summed E-state index contributed by atoms with van der Waals surface area (Å²) in [6.45, 7) is 4.61. The van der Waals surface area contributed by atoms with Crippen LogP contribution in [-0.4, -0.2) is 31.6 Å². The molecule has 1 N–H and O–H groups in total. The highest BCUT2D eigenvalue weighted by atomic mass is 15.4. The van der Waals surface area contributed by atoms with Gasteiger partial charge in [0, 0.05) is 13.1 Å². The molecule has 0 aliphatic carbocycles. The summed E-state index contributed by atoms with van der Waals surface area (Å²) in [6, 6.07) is 0. The van der Waals surface area contributed by atoms with Crippen LogP contribution in [0.25, 0.3) is 0 Å². The number of aryl methyl sites for hydroxylation is 1. The fourth-order valence-corrected chi connectivity index (χ4v) is 1.77. The topological polar surface area (TPSA) is 60.6 Å². The molecule has 0 aliphatic heterocycles. The first-order valence-electron chi connectivity index (χ1n) is 5.86. The van der Waals surface area contributed by atoms with Crippen LogP contribution >= 0.6 is 0 Å². The van der Waals surface area contributed by atoms with Crippen molar-refractivity contribution in [1.29, 1.82) is 0 Å². The normalized spacial score (nSPS) is 10.9. The second-order valence-corrected chi connectivity index (χ2v) is 4.02. The predicted molar refractivity (Wildman–Crippen MR) is 64.4 cm³/mol. The van der Waals surface area contributed by atoms with Crippen molar-refractivity contribution in [3.63, 3.8) is 0 Å². The van der Waals surface area contributed by atoms with Crippen LogP contribution in [0.1, 0.15) is 24.7 Å². The summed E-state index contributed by atoms with van der Waals surface area (Å²) in [4.78, 5) is 4.17. The third-order valence-corrected chi connectivity index (χ3v) is 2.53. The Labute approximate surface area is 101 Å². The van der Waals surface area contributed by atoms with Crippen LogP contribution in [0.3, 0.4) is 0 Å². The molecule has 0 atom stereocenters. The van der Waals surface area contributed by atoms with Crippen molar-refractivity contribution >= 4 is 0 Å². The summed E-state index contributed by atoms with van der Waals surface area (Å²) in [5.74, 6) is 0. The second-order valence-electron chi connectivity index (χ2n) is 4.02. The van der Waals surface area contributed by atoms with E-state index in [-0.39, 0.29) is 0 Å². The van der Waals surface area contributed by atoms with Crippen molar-refractivity contribution in [2.45, 2.75) is 33.0 Å². The Bertz CT molecular complexity index is 458. The van der Waals surface area contributed by atoms with Gasteiger partial charge in [0.25, 0.3) is 0 Å². The summed E-state index contributed by atoms with van der Waals surface area (Å²) in [7, 11) is 1.90. The zero-order valence-corrected chi connectivity index (χ0v) is 10.3. The number of hydrogen-bond donors (Lipinski definition) is 1. The number of nitrogens with one attached hydrogen (secondary N) is 1. The zero-order valence-electron chi connectivity index (χ0n) is 10.3. The molecule has 2 aromatic heterocycles. The smallest absolute Gasteiger partial charge is 0.0964 e. The van der Waals surface area contributed by atoms with Crippen LogP contribution in [0.15, 0.2) is 18.7 Å². The van der Waals surface area contributed by atoms with E-state index in [1.54, 1.807) is 0 Å². The Morgan fingerprint density at radius 2 is 2.29 bits per heavy atom. The van der Waals surface area contributed by atoms with Gasteiger partial charge in [-0.05, 0) is 13.5 Å². The van der Waals surface area contributed by atoms with Gasteiger partial charge < -0.3 is 9.88 Å². The van der Waals surface area contributed by atoms with E-state index < -0.39 is 0 Å². The molecule has 2 rings (SSSR count). The molecule has 0 spiro atoms. The van der Waals surface area contributed by atoms with E-state index in [0.29, 0.717) is 0 Å². The monoisotopic (exact) mass is 234 g/mol. The molecule has 0 unspecified atom stereocenters. The van der Waals surface area contributed by atoms with Crippen molar-refractivity contribution in [3.05, 3.63) is 30.1 Å². The van der Waals surface area contributed by atoms with E-state index in [1.807, 2.05) is 30.5 Å². The van der Waals surface area contributed by atoms with Crippen LogP contribution < -0.4 is 5.32 Å². The van der Waals surface area contributed by atoms with Crippen molar-refractivity contribution in [3.8, 4) is 0 Å². The number of rotatable bonds is 6. The Kier molecular flexibility index (Phi) is 3.87. The summed E-state index contributed by atoms with van der Waals surface area (Å²) in [6.07, 6.45) is 6.81. The van der Waals surface area contributed by atoms with Gasteiger partial charge in [0.2, 0.25) is 0 Å². The molecule has 6 nitrogen and oxygen atoms in total. The minimum absolute atomic E-state index is 0.719. The van der Waals surface area contributed by atoms with Gasteiger partial charge in [0.15, 0.2) is 0 Å². The fourth-order valence-electron chi connectivity index (χ4n) is 1.77. The van der Waals surface area contributed by atoms with Crippen molar-refractivity contribution < 1.29 is 0 Å². The van der Waals surface area contributed by atoms with Gasteiger partial charge in [-0.2, -0.15) is 0 Å². The number of nitrogens with zero attached hydrogens (tertiary/aromatic N) is 5. The van der Waals surface area contributed by atoms with Gasteiger partial charge in [0.1, 0.15) is 0 Å². The fraction of sp³-hybridized carbons (Fsp3) is 0.545. The summed E-state index contributed by atoms with van der Waals surface area (Å²) < 4.78 is 4.00. The SMILES string of the molecule is CCCn1cncc1Cn1cc(CNC)nn1. The number of hydrogen-bond acceptors (Lipinski definition) is 4.